The van der Waals surface area contributed by atoms with Gasteiger partial charge in [0, 0.05) is 25.2 Å². The maximum Gasteiger partial charge on any atom is 0.405 e. The number of piperidine rings is 1. The minimum atomic E-state index is -4.36. The molecule has 2 N–H and O–H groups in total. The van der Waals surface area contributed by atoms with Gasteiger partial charge in [-0.2, -0.15) is 13.2 Å². The van der Waals surface area contributed by atoms with Gasteiger partial charge in [0.2, 0.25) is 0 Å². The molecule has 2 unspecified atom stereocenters. The molecule has 0 spiro atoms. The highest BCUT2D eigenvalue weighted by atomic mass is 19.4. The highest BCUT2D eigenvalue weighted by molar-refractivity contribution is 5.74. The summed E-state index contributed by atoms with van der Waals surface area (Å²) < 4.78 is 36.0. The van der Waals surface area contributed by atoms with E-state index in [1.165, 1.54) is 4.90 Å². The number of halogens is 3. The molecule has 18 heavy (non-hydrogen) atoms. The van der Waals surface area contributed by atoms with Gasteiger partial charge in [0.1, 0.15) is 6.54 Å². The Bertz CT molecular complexity index is 309. The van der Waals surface area contributed by atoms with Crippen LogP contribution in [0, 0.1) is 0 Å². The van der Waals surface area contributed by atoms with Crippen molar-refractivity contribution < 1.29 is 18.0 Å². The van der Waals surface area contributed by atoms with Crippen LogP contribution in [0.1, 0.15) is 25.7 Å². The van der Waals surface area contributed by atoms with Gasteiger partial charge in [0.25, 0.3) is 0 Å². The van der Waals surface area contributed by atoms with Crippen LogP contribution in [-0.4, -0.2) is 48.8 Å². The molecule has 0 radical (unpaired) electrons. The molecule has 0 aromatic rings. The zero-order valence-corrected chi connectivity index (χ0v) is 10.3. The number of nitrogens with zero attached hydrogens (tertiary/aromatic N) is 1. The molecular weight excluding hydrogens is 247 g/mol. The van der Waals surface area contributed by atoms with Crippen LogP contribution in [0.5, 0.6) is 0 Å². The number of rotatable bonds is 2. The summed E-state index contributed by atoms with van der Waals surface area (Å²) in [5, 5.41) is 5.34. The summed E-state index contributed by atoms with van der Waals surface area (Å²) in [5.74, 6) is 0. The zero-order valence-electron chi connectivity index (χ0n) is 10.3. The molecule has 2 heterocycles. The number of carbonyl (C=O) groups excluding carboxylic acids is 1. The van der Waals surface area contributed by atoms with E-state index >= 15 is 0 Å². The fraction of sp³-hybridized carbons (Fsp3) is 0.909. The van der Waals surface area contributed by atoms with E-state index < -0.39 is 18.8 Å². The number of hydrogen-bond acceptors (Lipinski definition) is 2. The van der Waals surface area contributed by atoms with Crippen LogP contribution in [-0.2, 0) is 0 Å². The van der Waals surface area contributed by atoms with Crippen molar-refractivity contribution >= 4 is 6.03 Å². The smallest absolute Gasteiger partial charge is 0.329 e. The van der Waals surface area contributed by atoms with Gasteiger partial charge >= 0.3 is 12.2 Å². The molecular formula is C11H18F3N3O. The van der Waals surface area contributed by atoms with E-state index in [0.717, 1.165) is 25.7 Å². The van der Waals surface area contributed by atoms with Crippen LogP contribution < -0.4 is 10.6 Å². The number of amides is 2. The van der Waals surface area contributed by atoms with Crippen LogP contribution in [0.15, 0.2) is 0 Å². The van der Waals surface area contributed by atoms with E-state index in [2.05, 4.69) is 5.32 Å². The Morgan fingerprint density at radius 3 is 2.39 bits per heavy atom. The fourth-order valence-corrected chi connectivity index (χ4v) is 2.81. The monoisotopic (exact) mass is 265 g/mol. The third-order valence-corrected chi connectivity index (χ3v) is 3.76. The Balaban J connectivity index is 1.83. The van der Waals surface area contributed by atoms with E-state index in [1.807, 2.05) is 5.32 Å². The molecule has 2 fully saturated rings. The Hall–Kier alpha value is -0.980. The molecule has 0 aliphatic carbocycles. The molecule has 104 valence electrons. The first-order chi connectivity index (χ1) is 8.35. The molecule has 2 amide bonds. The van der Waals surface area contributed by atoms with Crippen molar-refractivity contribution in [2.75, 3.05) is 13.6 Å². The molecule has 7 heteroatoms. The lowest BCUT2D eigenvalue weighted by atomic mass is 9.99. The molecule has 2 bridgehead atoms. The number of alkyl halides is 3. The number of nitrogens with one attached hydrogen (secondary N) is 2. The number of fused-ring (bicyclic) bond motifs is 2. The lowest BCUT2D eigenvalue weighted by molar-refractivity contribution is -0.123. The van der Waals surface area contributed by atoms with E-state index in [1.54, 1.807) is 7.05 Å². The summed E-state index contributed by atoms with van der Waals surface area (Å²) in [4.78, 5) is 13.0. The molecule has 2 rings (SSSR count). The van der Waals surface area contributed by atoms with Gasteiger partial charge in [-0.15, -0.1) is 0 Å². The van der Waals surface area contributed by atoms with Gasteiger partial charge in [-0.05, 0) is 25.7 Å². The second-order valence-electron chi connectivity index (χ2n) is 5.15. The Labute approximate surface area is 104 Å². The molecule has 2 atom stereocenters. The Kier molecular flexibility index (Phi) is 3.70. The Morgan fingerprint density at radius 2 is 1.89 bits per heavy atom. The van der Waals surface area contributed by atoms with Crippen LogP contribution in [0.2, 0.25) is 0 Å². The largest absolute Gasteiger partial charge is 0.405 e. The van der Waals surface area contributed by atoms with Gasteiger partial charge < -0.3 is 15.5 Å². The SMILES string of the molecule is CN(C(=O)NCC(F)(F)F)C1CC2CCC(C1)N2. The Morgan fingerprint density at radius 1 is 1.33 bits per heavy atom. The molecule has 0 aromatic carbocycles. The second-order valence-corrected chi connectivity index (χ2v) is 5.15. The van der Waals surface area contributed by atoms with Gasteiger partial charge in [-0.1, -0.05) is 0 Å². The van der Waals surface area contributed by atoms with Gasteiger partial charge in [-0.25, -0.2) is 4.79 Å². The fourth-order valence-electron chi connectivity index (χ4n) is 2.81. The van der Waals surface area contributed by atoms with Crippen molar-refractivity contribution in [1.82, 2.24) is 15.5 Å². The summed E-state index contributed by atoms with van der Waals surface area (Å²) in [7, 11) is 1.57. The van der Waals surface area contributed by atoms with Crippen molar-refractivity contribution in [2.24, 2.45) is 0 Å². The van der Waals surface area contributed by atoms with Crippen molar-refractivity contribution in [3.8, 4) is 0 Å². The van der Waals surface area contributed by atoms with E-state index in [4.69, 9.17) is 0 Å². The van der Waals surface area contributed by atoms with Gasteiger partial charge in [0.05, 0.1) is 0 Å². The standard InChI is InChI=1S/C11H18F3N3O/c1-17(10(18)15-6-11(12,13)14)9-4-7-2-3-8(5-9)16-7/h7-9,16H,2-6H2,1H3,(H,15,18). The number of urea groups is 1. The molecule has 2 saturated heterocycles. The van der Waals surface area contributed by atoms with Crippen LogP contribution >= 0.6 is 0 Å². The first-order valence-corrected chi connectivity index (χ1v) is 6.18. The molecule has 4 nitrogen and oxygen atoms in total. The zero-order chi connectivity index (χ0) is 13.3. The van der Waals surface area contributed by atoms with E-state index in [0.29, 0.717) is 12.1 Å². The lowest BCUT2D eigenvalue weighted by Crippen LogP contribution is -2.52. The van der Waals surface area contributed by atoms with Crippen molar-refractivity contribution in [1.29, 1.82) is 0 Å². The first-order valence-electron chi connectivity index (χ1n) is 6.18. The van der Waals surface area contributed by atoms with Gasteiger partial charge in [0.15, 0.2) is 0 Å². The topological polar surface area (TPSA) is 44.4 Å². The average Bonchev–Trinajstić information content (AvgIpc) is 2.63. The highest BCUT2D eigenvalue weighted by Gasteiger charge is 2.37. The van der Waals surface area contributed by atoms with E-state index in [9.17, 15) is 18.0 Å². The minimum absolute atomic E-state index is 0.0389. The molecule has 0 aromatic heterocycles. The normalized spacial score (nSPS) is 31.2. The lowest BCUT2D eigenvalue weighted by Gasteiger charge is -2.35. The number of hydrogen-bond donors (Lipinski definition) is 2. The average molecular weight is 265 g/mol. The summed E-state index contributed by atoms with van der Waals surface area (Å²) in [6.07, 6.45) is -0.513. The van der Waals surface area contributed by atoms with Crippen LogP contribution in [0.25, 0.3) is 0 Å². The molecule has 2 aliphatic rings. The highest BCUT2D eigenvalue weighted by Crippen LogP contribution is 2.29. The van der Waals surface area contributed by atoms with Crippen LogP contribution in [0.4, 0.5) is 18.0 Å². The summed E-state index contributed by atoms with van der Waals surface area (Å²) in [5.41, 5.74) is 0. The summed E-state index contributed by atoms with van der Waals surface area (Å²) in [6, 6.07) is 0.217. The third kappa shape index (κ3) is 3.28. The first kappa shape index (κ1) is 13.5. The summed E-state index contributed by atoms with van der Waals surface area (Å²) in [6.45, 7) is -1.27. The maximum atomic E-state index is 12.0. The van der Waals surface area contributed by atoms with Crippen LogP contribution in [0.3, 0.4) is 0 Å². The number of carbonyl (C=O) groups is 1. The predicted octanol–water partition coefficient (Wildman–Crippen LogP) is 1.47. The maximum absolute atomic E-state index is 12.0. The van der Waals surface area contributed by atoms with Crippen molar-refractivity contribution in [3.63, 3.8) is 0 Å². The van der Waals surface area contributed by atoms with Crippen molar-refractivity contribution in [3.05, 3.63) is 0 Å². The summed E-state index contributed by atoms with van der Waals surface area (Å²) >= 11 is 0. The van der Waals surface area contributed by atoms with Gasteiger partial charge in [-0.3, -0.25) is 0 Å². The van der Waals surface area contributed by atoms with E-state index in [-0.39, 0.29) is 6.04 Å². The molecule has 0 saturated carbocycles. The predicted molar refractivity (Wildman–Crippen MR) is 60.2 cm³/mol. The molecule has 2 aliphatic heterocycles. The quantitative estimate of drug-likeness (QED) is 0.794. The minimum Gasteiger partial charge on any atom is -0.329 e. The van der Waals surface area contributed by atoms with Crippen molar-refractivity contribution in [2.45, 2.75) is 50.0 Å². The second kappa shape index (κ2) is 4.95. The third-order valence-electron chi connectivity index (χ3n) is 3.76.